The lowest BCUT2D eigenvalue weighted by Crippen LogP contribution is -2.39. The third-order valence-electron chi connectivity index (χ3n) is 3.36. The van der Waals surface area contributed by atoms with E-state index in [1.807, 2.05) is 6.07 Å². The molecule has 2 aliphatic rings. The van der Waals surface area contributed by atoms with Gasteiger partial charge in [0.15, 0.2) is 0 Å². The fraction of sp³-hybridized carbons (Fsp3) is 0.545. The van der Waals surface area contributed by atoms with Gasteiger partial charge in [-0.15, -0.1) is 0 Å². The van der Waals surface area contributed by atoms with Crippen LogP contribution in [0.3, 0.4) is 0 Å². The topological polar surface area (TPSA) is 28.2 Å². The number of nitrogens with one attached hydrogen (secondary N) is 1. The van der Waals surface area contributed by atoms with Crippen LogP contribution in [-0.2, 0) is 0 Å². The van der Waals surface area contributed by atoms with Crippen LogP contribution in [0.5, 0.6) is 0 Å². The van der Waals surface area contributed by atoms with Crippen molar-refractivity contribution in [3.05, 3.63) is 24.3 Å². The number of anilines is 1. The highest BCUT2D eigenvalue weighted by Gasteiger charge is 2.35. The minimum atomic E-state index is -0.404. The van der Waals surface area contributed by atoms with Gasteiger partial charge in [0, 0.05) is 19.1 Å². The zero-order valence-corrected chi connectivity index (χ0v) is 8.49. The number of aromatic nitrogens is 1. The lowest BCUT2D eigenvalue weighted by atomic mass is 10.0. The summed E-state index contributed by atoms with van der Waals surface area (Å²) in [5.74, 6) is 0.341. The molecule has 0 spiro atoms. The molecule has 0 aliphatic carbocycles. The highest BCUT2D eigenvalue weighted by molar-refractivity contribution is 5.47. The second kappa shape index (κ2) is 3.45. The molecule has 1 aromatic heterocycles. The SMILES string of the molecule is Fc1ccc(N2C[C@@H]3CNC[C@@H]2C3)cn1. The molecule has 3 heterocycles. The minimum absolute atomic E-state index is 0.404. The molecule has 3 rings (SSSR count). The van der Waals surface area contributed by atoms with E-state index in [2.05, 4.69) is 15.2 Å². The number of hydrogen-bond acceptors (Lipinski definition) is 3. The summed E-state index contributed by atoms with van der Waals surface area (Å²) < 4.78 is 12.7. The van der Waals surface area contributed by atoms with Gasteiger partial charge in [-0.3, -0.25) is 0 Å². The van der Waals surface area contributed by atoms with Crippen LogP contribution in [0, 0.1) is 11.9 Å². The molecule has 0 unspecified atom stereocenters. The highest BCUT2D eigenvalue weighted by Crippen LogP contribution is 2.30. The van der Waals surface area contributed by atoms with E-state index in [1.165, 1.54) is 12.5 Å². The van der Waals surface area contributed by atoms with Gasteiger partial charge in [0.2, 0.25) is 5.95 Å². The molecule has 4 heteroatoms. The minimum Gasteiger partial charge on any atom is -0.366 e. The second-order valence-electron chi connectivity index (χ2n) is 4.41. The summed E-state index contributed by atoms with van der Waals surface area (Å²) in [6, 6.07) is 3.82. The molecule has 3 nitrogen and oxygen atoms in total. The summed E-state index contributed by atoms with van der Waals surface area (Å²) in [6.45, 7) is 3.22. The lowest BCUT2D eigenvalue weighted by molar-refractivity contribution is 0.434. The van der Waals surface area contributed by atoms with Gasteiger partial charge in [-0.25, -0.2) is 4.98 Å². The number of fused-ring (bicyclic) bond motifs is 2. The Kier molecular flexibility index (Phi) is 2.09. The standard InChI is InChI=1S/C11H14FN3/c12-11-2-1-9(6-14-11)15-7-8-3-10(15)5-13-4-8/h1-2,6,8,10,13H,3-5,7H2/t8-,10-/m0/s1. The summed E-state index contributed by atoms with van der Waals surface area (Å²) >= 11 is 0. The largest absolute Gasteiger partial charge is 0.366 e. The summed E-state index contributed by atoms with van der Waals surface area (Å²) in [6.07, 6.45) is 2.89. The fourth-order valence-corrected chi connectivity index (χ4v) is 2.66. The molecule has 15 heavy (non-hydrogen) atoms. The van der Waals surface area contributed by atoms with E-state index in [1.54, 1.807) is 6.20 Å². The molecule has 0 radical (unpaired) electrons. The molecular weight excluding hydrogens is 193 g/mol. The first-order valence-electron chi connectivity index (χ1n) is 5.42. The molecule has 2 bridgehead atoms. The average molecular weight is 207 g/mol. The smallest absolute Gasteiger partial charge is 0.212 e. The number of pyridine rings is 1. The average Bonchev–Trinajstić information content (AvgIpc) is 2.55. The molecule has 1 aromatic rings. The van der Waals surface area contributed by atoms with Crippen LogP contribution in [0.1, 0.15) is 6.42 Å². The number of hydrogen-bond donors (Lipinski definition) is 1. The molecule has 2 atom stereocenters. The van der Waals surface area contributed by atoms with E-state index in [0.29, 0.717) is 6.04 Å². The van der Waals surface area contributed by atoms with Crippen LogP contribution in [0.15, 0.2) is 18.3 Å². The Balaban J connectivity index is 1.85. The molecule has 0 amide bonds. The van der Waals surface area contributed by atoms with Gasteiger partial charge in [0.05, 0.1) is 11.9 Å². The first-order valence-corrected chi connectivity index (χ1v) is 5.42. The maximum Gasteiger partial charge on any atom is 0.212 e. The lowest BCUT2D eigenvalue weighted by Gasteiger charge is -2.26. The van der Waals surface area contributed by atoms with Crippen molar-refractivity contribution in [2.45, 2.75) is 12.5 Å². The van der Waals surface area contributed by atoms with E-state index >= 15 is 0 Å². The Hall–Kier alpha value is -1.16. The van der Waals surface area contributed by atoms with Gasteiger partial charge in [-0.2, -0.15) is 4.39 Å². The molecule has 2 saturated heterocycles. The highest BCUT2D eigenvalue weighted by atomic mass is 19.1. The van der Waals surface area contributed by atoms with Crippen LogP contribution >= 0.6 is 0 Å². The number of rotatable bonds is 1. The maximum absolute atomic E-state index is 12.7. The molecular formula is C11H14FN3. The second-order valence-corrected chi connectivity index (χ2v) is 4.41. The van der Waals surface area contributed by atoms with Gasteiger partial charge in [0.1, 0.15) is 0 Å². The zero-order chi connectivity index (χ0) is 10.3. The van der Waals surface area contributed by atoms with Gasteiger partial charge < -0.3 is 10.2 Å². The summed E-state index contributed by atoms with van der Waals surface area (Å²) in [5, 5.41) is 3.42. The van der Waals surface area contributed by atoms with Crippen molar-refractivity contribution in [1.29, 1.82) is 0 Å². The van der Waals surface area contributed by atoms with Crippen LogP contribution in [0.2, 0.25) is 0 Å². The van der Waals surface area contributed by atoms with E-state index < -0.39 is 5.95 Å². The summed E-state index contributed by atoms with van der Waals surface area (Å²) in [5.41, 5.74) is 1.05. The van der Waals surface area contributed by atoms with Crippen LogP contribution in [0.25, 0.3) is 0 Å². The Bertz CT molecular complexity index is 351. The molecule has 2 aliphatic heterocycles. The quantitative estimate of drug-likeness (QED) is 0.697. The van der Waals surface area contributed by atoms with Gasteiger partial charge in [-0.1, -0.05) is 0 Å². The van der Waals surface area contributed by atoms with Crippen molar-refractivity contribution >= 4 is 5.69 Å². The summed E-state index contributed by atoms with van der Waals surface area (Å²) in [4.78, 5) is 6.05. The Morgan fingerprint density at radius 1 is 1.40 bits per heavy atom. The van der Waals surface area contributed by atoms with Gasteiger partial charge in [-0.05, 0) is 31.0 Å². The van der Waals surface area contributed by atoms with E-state index in [0.717, 1.165) is 31.2 Å². The third kappa shape index (κ3) is 1.59. The molecule has 80 valence electrons. The predicted octanol–water partition coefficient (Wildman–Crippen LogP) is 1.02. The number of halogens is 1. The normalized spacial score (nSPS) is 29.5. The fourth-order valence-electron chi connectivity index (χ4n) is 2.66. The van der Waals surface area contributed by atoms with Crippen LogP contribution in [0.4, 0.5) is 10.1 Å². The first kappa shape index (κ1) is 9.09. The van der Waals surface area contributed by atoms with Crippen molar-refractivity contribution in [3.63, 3.8) is 0 Å². The number of piperidine rings is 1. The number of nitrogens with zero attached hydrogens (tertiary/aromatic N) is 2. The van der Waals surface area contributed by atoms with Crippen LogP contribution < -0.4 is 10.2 Å². The zero-order valence-electron chi connectivity index (χ0n) is 8.49. The van der Waals surface area contributed by atoms with Crippen molar-refractivity contribution in [2.24, 2.45) is 5.92 Å². The molecule has 1 N–H and O–H groups in total. The van der Waals surface area contributed by atoms with Crippen molar-refractivity contribution in [2.75, 3.05) is 24.5 Å². The first-order chi connectivity index (χ1) is 7.33. The van der Waals surface area contributed by atoms with E-state index in [-0.39, 0.29) is 0 Å². The maximum atomic E-state index is 12.7. The van der Waals surface area contributed by atoms with Crippen molar-refractivity contribution < 1.29 is 4.39 Å². The van der Waals surface area contributed by atoms with Crippen LogP contribution in [-0.4, -0.2) is 30.7 Å². The van der Waals surface area contributed by atoms with Crippen molar-refractivity contribution in [1.82, 2.24) is 10.3 Å². The van der Waals surface area contributed by atoms with E-state index in [4.69, 9.17) is 0 Å². The van der Waals surface area contributed by atoms with Crippen molar-refractivity contribution in [3.8, 4) is 0 Å². The Morgan fingerprint density at radius 3 is 3.07 bits per heavy atom. The monoisotopic (exact) mass is 207 g/mol. The molecule has 0 saturated carbocycles. The predicted molar refractivity (Wildman–Crippen MR) is 56.3 cm³/mol. The molecule has 0 aromatic carbocycles. The Morgan fingerprint density at radius 2 is 2.33 bits per heavy atom. The van der Waals surface area contributed by atoms with Gasteiger partial charge in [0.25, 0.3) is 0 Å². The summed E-state index contributed by atoms with van der Waals surface area (Å²) in [7, 11) is 0. The van der Waals surface area contributed by atoms with E-state index in [9.17, 15) is 4.39 Å². The Labute approximate surface area is 88.3 Å². The molecule has 2 fully saturated rings. The third-order valence-corrected chi connectivity index (χ3v) is 3.36. The van der Waals surface area contributed by atoms with Gasteiger partial charge >= 0.3 is 0 Å².